The quantitative estimate of drug-likeness (QED) is 0.708. The molecule has 0 saturated carbocycles. The fraction of sp³-hybridized carbons (Fsp3) is 0.105. The minimum absolute atomic E-state index is 0.0393. The van der Waals surface area contributed by atoms with E-state index in [0.717, 1.165) is 12.1 Å². The Labute approximate surface area is 154 Å². The smallest absolute Gasteiger partial charge is 0.274 e. The van der Waals surface area contributed by atoms with Crippen LogP contribution in [0.2, 0.25) is 0 Å². The largest absolute Gasteiger partial charge is 0.495 e. The molecule has 0 unspecified atom stereocenters. The van der Waals surface area contributed by atoms with Gasteiger partial charge in [0.25, 0.3) is 5.91 Å². The highest BCUT2D eigenvalue weighted by atomic mass is 19.1. The summed E-state index contributed by atoms with van der Waals surface area (Å²) in [5, 5.41) is 5.17. The summed E-state index contributed by atoms with van der Waals surface area (Å²) in [7, 11) is 1.53. The van der Waals surface area contributed by atoms with Gasteiger partial charge in [0, 0.05) is 5.69 Å². The maximum atomic E-state index is 13.7. The number of amides is 1. The Bertz CT molecular complexity index is 975. The number of ether oxygens (including phenoxy) is 1. The van der Waals surface area contributed by atoms with Gasteiger partial charge >= 0.3 is 0 Å². The Morgan fingerprint density at radius 1 is 1.04 bits per heavy atom. The molecule has 0 bridgehead atoms. The first kappa shape index (κ1) is 18.2. The molecule has 3 rings (SSSR count). The fourth-order valence-electron chi connectivity index (χ4n) is 2.40. The molecule has 1 amide bonds. The van der Waals surface area contributed by atoms with E-state index in [2.05, 4.69) is 20.6 Å². The van der Waals surface area contributed by atoms with Gasteiger partial charge in [0.15, 0.2) is 0 Å². The third kappa shape index (κ3) is 4.17. The summed E-state index contributed by atoms with van der Waals surface area (Å²) in [6.07, 6.45) is 0. The molecule has 6 nitrogen and oxygen atoms in total. The number of aromatic nitrogens is 2. The zero-order valence-electron chi connectivity index (χ0n) is 14.6. The lowest BCUT2D eigenvalue weighted by atomic mass is 10.2. The standard InChI is InChI=1S/C19H16F2N4O2/c1-11-10-15(18(26)25-17-12(20)6-5-7-13(17)21)24-19(22-11)23-14-8-3-4-9-16(14)27-2/h3-10H,1-2H3,(H,25,26)(H,22,23,24). The average Bonchev–Trinajstić information content (AvgIpc) is 2.64. The summed E-state index contributed by atoms with van der Waals surface area (Å²) in [4.78, 5) is 20.8. The van der Waals surface area contributed by atoms with Gasteiger partial charge in [0.2, 0.25) is 5.95 Å². The number of methoxy groups -OCH3 is 1. The van der Waals surface area contributed by atoms with Crippen LogP contribution in [0.4, 0.5) is 26.1 Å². The van der Waals surface area contributed by atoms with Gasteiger partial charge in [-0.2, -0.15) is 0 Å². The number of rotatable bonds is 5. The van der Waals surface area contributed by atoms with Gasteiger partial charge in [-0.25, -0.2) is 18.7 Å². The molecule has 0 saturated heterocycles. The highest BCUT2D eigenvalue weighted by Crippen LogP contribution is 2.26. The van der Waals surface area contributed by atoms with Crippen LogP contribution in [-0.4, -0.2) is 23.0 Å². The number of halogens is 2. The van der Waals surface area contributed by atoms with Crippen molar-refractivity contribution in [3.05, 3.63) is 71.6 Å². The highest BCUT2D eigenvalue weighted by Gasteiger charge is 2.16. The normalized spacial score (nSPS) is 10.4. The van der Waals surface area contributed by atoms with Crippen LogP contribution in [0.5, 0.6) is 5.75 Å². The molecule has 27 heavy (non-hydrogen) atoms. The maximum absolute atomic E-state index is 13.7. The topological polar surface area (TPSA) is 76.1 Å². The van der Waals surface area contributed by atoms with Crippen molar-refractivity contribution in [2.45, 2.75) is 6.92 Å². The van der Waals surface area contributed by atoms with E-state index in [4.69, 9.17) is 4.74 Å². The van der Waals surface area contributed by atoms with Gasteiger partial charge in [-0.1, -0.05) is 18.2 Å². The van der Waals surface area contributed by atoms with Gasteiger partial charge in [0.1, 0.15) is 28.8 Å². The number of anilines is 3. The van der Waals surface area contributed by atoms with E-state index < -0.39 is 23.2 Å². The van der Waals surface area contributed by atoms with E-state index >= 15 is 0 Å². The lowest BCUT2D eigenvalue weighted by Crippen LogP contribution is -2.17. The third-order valence-corrected chi connectivity index (χ3v) is 3.64. The summed E-state index contributed by atoms with van der Waals surface area (Å²) in [5.41, 5.74) is 0.541. The van der Waals surface area contributed by atoms with Gasteiger partial charge in [0.05, 0.1) is 12.8 Å². The van der Waals surface area contributed by atoms with Crippen LogP contribution in [0.1, 0.15) is 16.2 Å². The zero-order chi connectivity index (χ0) is 19.4. The van der Waals surface area contributed by atoms with Gasteiger partial charge < -0.3 is 15.4 Å². The van der Waals surface area contributed by atoms with E-state index in [9.17, 15) is 13.6 Å². The van der Waals surface area contributed by atoms with E-state index in [-0.39, 0.29) is 11.6 Å². The van der Waals surface area contributed by atoms with Crippen LogP contribution >= 0.6 is 0 Å². The number of benzene rings is 2. The van der Waals surface area contributed by atoms with Crippen LogP contribution in [0.25, 0.3) is 0 Å². The van der Waals surface area contributed by atoms with Gasteiger partial charge in [-0.15, -0.1) is 0 Å². The summed E-state index contributed by atoms with van der Waals surface area (Å²) in [5.74, 6) is -1.78. The summed E-state index contributed by atoms with van der Waals surface area (Å²) < 4.78 is 32.7. The molecule has 2 N–H and O–H groups in total. The molecular weight excluding hydrogens is 354 g/mol. The number of para-hydroxylation sites is 3. The number of carbonyl (C=O) groups is 1. The van der Waals surface area contributed by atoms with E-state index in [1.165, 1.54) is 19.2 Å². The first-order valence-corrected chi connectivity index (χ1v) is 7.99. The zero-order valence-corrected chi connectivity index (χ0v) is 14.6. The Morgan fingerprint density at radius 2 is 1.74 bits per heavy atom. The molecule has 1 aromatic heterocycles. The van der Waals surface area contributed by atoms with Crippen LogP contribution in [0.15, 0.2) is 48.5 Å². The van der Waals surface area contributed by atoms with Crippen molar-refractivity contribution in [2.75, 3.05) is 17.7 Å². The van der Waals surface area contributed by atoms with Crippen LogP contribution in [-0.2, 0) is 0 Å². The Kier molecular flexibility index (Phi) is 5.25. The maximum Gasteiger partial charge on any atom is 0.274 e. The number of hydrogen-bond donors (Lipinski definition) is 2. The van der Waals surface area contributed by atoms with E-state index in [0.29, 0.717) is 17.1 Å². The molecule has 0 fully saturated rings. The summed E-state index contributed by atoms with van der Waals surface area (Å²) >= 11 is 0. The minimum Gasteiger partial charge on any atom is -0.495 e. The first-order chi connectivity index (χ1) is 13.0. The van der Waals surface area contributed by atoms with Crippen LogP contribution in [0, 0.1) is 18.6 Å². The number of nitrogens with zero attached hydrogens (tertiary/aromatic N) is 2. The third-order valence-electron chi connectivity index (χ3n) is 3.64. The molecule has 8 heteroatoms. The molecule has 0 aliphatic rings. The summed E-state index contributed by atoms with van der Waals surface area (Å²) in [6.45, 7) is 1.68. The van der Waals surface area contributed by atoms with Crippen LogP contribution in [0.3, 0.4) is 0 Å². The van der Waals surface area contributed by atoms with Gasteiger partial charge in [-0.3, -0.25) is 4.79 Å². The van der Waals surface area contributed by atoms with E-state index in [1.807, 2.05) is 6.07 Å². The first-order valence-electron chi connectivity index (χ1n) is 7.99. The van der Waals surface area contributed by atoms with Crippen LogP contribution < -0.4 is 15.4 Å². The minimum atomic E-state index is -0.874. The molecule has 0 radical (unpaired) electrons. The van der Waals surface area contributed by atoms with Crippen molar-refractivity contribution in [1.82, 2.24) is 9.97 Å². The van der Waals surface area contributed by atoms with Crippen molar-refractivity contribution >= 4 is 23.2 Å². The van der Waals surface area contributed by atoms with Crippen molar-refractivity contribution < 1.29 is 18.3 Å². The van der Waals surface area contributed by atoms with Crippen molar-refractivity contribution in [3.8, 4) is 5.75 Å². The number of nitrogens with one attached hydrogen (secondary N) is 2. The average molecular weight is 370 g/mol. The number of carbonyl (C=O) groups excluding carboxylic acids is 1. The molecule has 1 heterocycles. The van der Waals surface area contributed by atoms with Crippen molar-refractivity contribution in [2.24, 2.45) is 0 Å². The second-order valence-corrected chi connectivity index (χ2v) is 5.59. The summed E-state index contributed by atoms with van der Waals surface area (Å²) in [6, 6.07) is 11.9. The monoisotopic (exact) mass is 370 g/mol. The molecule has 0 atom stereocenters. The Morgan fingerprint density at radius 3 is 2.44 bits per heavy atom. The molecule has 0 aliphatic carbocycles. The van der Waals surface area contributed by atoms with E-state index in [1.54, 1.807) is 25.1 Å². The molecule has 0 aliphatic heterocycles. The highest BCUT2D eigenvalue weighted by molar-refractivity contribution is 6.03. The predicted molar refractivity (Wildman–Crippen MR) is 97.4 cm³/mol. The number of hydrogen-bond acceptors (Lipinski definition) is 5. The molecule has 138 valence electrons. The SMILES string of the molecule is COc1ccccc1Nc1nc(C)cc(C(=O)Nc2c(F)cccc2F)n1. The van der Waals surface area contributed by atoms with Crippen molar-refractivity contribution in [3.63, 3.8) is 0 Å². The predicted octanol–water partition coefficient (Wildman–Crippen LogP) is 4.07. The molecule has 3 aromatic rings. The Balaban J connectivity index is 1.88. The molecule has 0 spiro atoms. The molecule has 2 aromatic carbocycles. The second-order valence-electron chi connectivity index (χ2n) is 5.59. The van der Waals surface area contributed by atoms with Gasteiger partial charge in [-0.05, 0) is 37.3 Å². The van der Waals surface area contributed by atoms with Crippen molar-refractivity contribution in [1.29, 1.82) is 0 Å². The molecular formula is C19H16F2N4O2. The fourth-order valence-corrected chi connectivity index (χ4v) is 2.40. The lowest BCUT2D eigenvalue weighted by molar-refractivity contribution is 0.102. The lowest BCUT2D eigenvalue weighted by Gasteiger charge is -2.11. The Hall–Kier alpha value is -3.55. The number of aryl methyl sites for hydroxylation is 1. The second kappa shape index (κ2) is 7.77.